The van der Waals surface area contributed by atoms with Gasteiger partial charge in [0.2, 0.25) is 0 Å². The van der Waals surface area contributed by atoms with Crippen LogP contribution in [0.4, 0.5) is 0 Å². The van der Waals surface area contributed by atoms with E-state index < -0.39 is 6.10 Å². The van der Waals surface area contributed by atoms with Gasteiger partial charge in [-0.1, -0.05) is 12.1 Å². The third-order valence-electron chi connectivity index (χ3n) is 2.12. The zero-order valence-corrected chi connectivity index (χ0v) is 12.1. The number of benzene rings is 1. The second-order valence-corrected chi connectivity index (χ2v) is 4.64. The Morgan fingerprint density at radius 1 is 1.47 bits per heavy atom. The predicted molar refractivity (Wildman–Crippen MR) is 74.1 cm³/mol. The van der Waals surface area contributed by atoms with Crippen LogP contribution in [-0.4, -0.2) is 32.3 Å². The van der Waals surface area contributed by atoms with Gasteiger partial charge in [-0.05, 0) is 41.6 Å². The monoisotopic (exact) mass is 349 g/mol. The van der Waals surface area contributed by atoms with Crippen LogP contribution < -0.4 is 10.1 Å². The van der Waals surface area contributed by atoms with Gasteiger partial charge in [0, 0.05) is 13.7 Å². The summed E-state index contributed by atoms with van der Waals surface area (Å²) in [5, 5.41) is 2.73. The van der Waals surface area contributed by atoms with E-state index in [1.54, 1.807) is 14.0 Å². The Morgan fingerprint density at radius 3 is 2.82 bits per heavy atom. The van der Waals surface area contributed by atoms with Crippen LogP contribution in [0.3, 0.4) is 0 Å². The second-order valence-electron chi connectivity index (χ2n) is 3.47. The molecule has 0 aliphatic heterocycles. The normalized spacial score (nSPS) is 11.9. The quantitative estimate of drug-likeness (QED) is 0.630. The zero-order chi connectivity index (χ0) is 12.7. The van der Waals surface area contributed by atoms with Crippen molar-refractivity contribution in [3.05, 3.63) is 27.8 Å². The predicted octanol–water partition coefficient (Wildman–Crippen LogP) is 1.82. The van der Waals surface area contributed by atoms with Gasteiger partial charge in [-0.15, -0.1) is 0 Å². The van der Waals surface area contributed by atoms with Crippen LogP contribution >= 0.6 is 22.6 Å². The zero-order valence-electron chi connectivity index (χ0n) is 9.90. The molecule has 1 aromatic carbocycles. The molecule has 0 saturated heterocycles. The highest BCUT2D eigenvalue weighted by Gasteiger charge is 2.14. The highest BCUT2D eigenvalue weighted by Crippen LogP contribution is 2.20. The maximum absolute atomic E-state index is 11.6. The number of amides is 1. The number of ether oxygens (including phenoxy) is 2. The van der Waals surface area contributed by atoms with E-state index in [1.807, 2.05) is 24.3 Å². The van der Waals surface area contributed by atoms with Crippen LogP contribution in [0.2, 0.25) is 0 Å². The molecule has 1 rings (SSSR count). The van der Waals surface area contributed by atoms with Gasteiger partial charge in [-0.25, -0.2) is 0 Å². The maximum atomic E-state index is 11.6. The van der Waals surface area contributed by atoms with E-state index in [1.165, 1.54) is 0 Å². The average molecular weight is 349 g/mol. The Kier molecular flexibility index (Phi) is 6.28. The number of para-hydroxylation sites is 1. The molecular formula is C12H16INO3. The van der Waals surface area contributed by atoms with E-state index in [0.717, 1.165) is 9.32 Å². The highest BCUT2D eigenvalue weighted by atomic mass is 127. The Hall–Kier alpha value is -0.820. The van der Waals surface area contributed by atoms with Crippen LogP contribution in [0.15, 0.2) is 24.3 Å². The van der Waals surface area contributed by atoms with Crippen LogP contribution in [0, 0.1) is 3.57 Å². The molecule has 0 aliphatic rings. The minimum Gasteiger partial charge on any atom is -0.480 e. The summed E-state index contributed by atoms with van der Waals surface area (Å²) in [6, 6.07) is 7.59. The largest absolute Gasteiger partial charge is 0.480 e. The number of nitrogens with one attached hydrogen (secondary N) is 1. The molecule has 4 nitrogen and oxygen atoms in total. The third kappa shape index (κ3) is 4.91. The van der Waals surface area contributed by atoms with Crippen molar-refractivity contribution in [2.24, 2.45) is 0 Å². The number of methoxy groups -OCH3 is 1. The summed E-state index contributed by atoms with van der Waals surface area (Å²) in [5.74, 6) is 0.587. The molecule has 1 atom stereocenters. The molecule has 1 N–H and O–H groups in total. The lowest BCUT2D eigenvalue weighted by Gasteiger charge is -2.15. The summed E-state index contributed by atoms with van der Waals surface area (Å²) >= 11 is 2.18. The van der Waals surface area contributed by atoms with E-state index in [0.29, 0.717) is 13.2 Å². The Balaban J connectivity index is 2.46. The highest BCUT2D eigenvalue weighted by molar-refractivity contribution is 14.1. The fourth-order valence-electron chi connectivity index (χ4n) is 1.20. The summed E-state index contributed by atoms with van der Waals surface area (Å²) in [7, 11) is 1.60. The standard InChI is InChI=1S/C12H16INO3/c1-9(12(15)14-7-8-16-2)17-11-6-4-3-5-10(11)13/h3-6,9H,7-8H2,1-2H3,(H,14,15). The number of hydrogen-bond donors (Lipinski definition) is 1. The van der Waals surface area contributed by atoms with Crippen molar-refractivity contribution in [1.29, 1.82) is 0 Å². The van der Waals surface area contributed by atoms with E-state index in [9.17, 15) is 4.79 Å². The van der Waals surface area contributed by atoms with Crippen molar-refractivity contribution >= 4 is 28.5 Å². The summed E-state index contributed by atoms with van der Waals surface area (Å²) < 4.78 is 11.4. The lowest BCUT2D eigenvalue weighted by molar-refractivity contribution is -0.127. The first kappa shape index (κ1) is 14.2. The molecule has 0 bridgehead atoms. The lowest BCUT2D eigenvalue weighted by Crippen LogP contribution is -2.38. The number of carbonyl (C=O) groups excluding carboxylic acids is 1. The number of carbonyl (C=O) groups is 1. The smallest absolute Gasteiger partial charge is 0.260 e. The maximum Gasteiger partial charge on any atom is 0.260 e. The first-order valence-electron chi connectivity index (χ1n) is 5.33. The first-order valence-corrected chi connectivity index (χ1v) is 6.41. The molecule has 0 heterocycles. The summed E-state index contributed by atoms with van der Waals surface area (Å²) in [5.41, 5.74) is 0. The van der Waals surface area contributed by atoms with E-state index >= 15 is 0 Å². The van der Waals surface area contributed by atoms with Crippen molar-refractivity contribution in [3.8, 4) is 5.75 Å². The molecule has 5 heteroatoms. The summed E-state index contributed by atoms with van der Waals surface area (Å²) in [6.07, 6.45) is -0.511. The topological polar surface area (TPSA) is 47.6 Å². The number of hydrogen-bond acceptors (Lipinski definition) is 3. The van der Waals surface area contributed by atoms with Gasteiger partial charge in [0.1, 0.15) is 5.75 Å². The minimum atomic E-state index is -0.511. The van der Waals surface area contributed by atoms with Crippen molar-refractivity contribution in [1.82, 2.24) is 5.32 Å². The molecule has 0 fully saturated rings. The number of rotatable bonds is 6. The minimum absolute atomic E-state index is 0.137. The molecule has 1 unspecified atom stereocenters. The number of halogens is 1. The van der Waals surface area contributed by atoms with E-state index in [-0.39, 0.29) is 5.91 Å². The van der Waals surface area contributed by atoms with Gasteiger partial charge in [0.25, 0.3) is 5.91 Å². The molecular weight excluding hydrogens is 333 g/mol. The lowest BCUT2D eigenvalue weighted by atomic mass is 10.3. The van der Waals surface area contributed by atoms with Crippen molar-refractivity contribution in [2.45, 2.75) is 13.0 Å². The molecule has 0 spiro atoms. The fourth-order valence-corrected chi connectivity index (χ4v) is 1.72. The Labute approximate surface area is 115 Å². The van der Waals surface area contributed by atoms with Crippen LogP contribution in [0.25, 0.3) is 0 Å². The van der Waals surface area contributed by atoms with Gasteiger partial charge in [-0.3, -0.25) is 4.79 Å². The van der Waals surface area contributed by atoms with Gasteiger partial charge < -0.3 is 14.8 Å². The van der Waals surface area contributed by atoms with Gasteiger partial charge >= 0.3 is 0 Å². The molecule has 0 aliphatic carbocycles. The summed E-state index contributed by atoms with van der Waals surface area (Å²) in [4.78, 5) is 11.6. The van der Waals surface area contributed by atoms with Crippen molar-refractivity contribution in [3.63, 3.8) is 0 Å². The van der Waals surface area contributed by atoms with Gasteiger partial charge in [-0.2, -0.15) is 0 Å². The van der Waals surface area contributed by atoms with E-state index in [4.69, 9.17) is 9.47 Å². The molecule has 1 amide bonds. The SMILES string of the molecule is COCCNC(=O)C(C)Oc1ccccc1I. The third-order valence-corrected chi connectivity index (χ3v) is 3.01. The van der Waals surface area contributed by atoms with Crippen LogP contribution in [0.1, 0.15) is 6.92 Å². The molecule has 0 aromatic heterocycles. The molecule has 17 heavy (non-hydrogen) atoms. The molecule has 0 radical (unpaired) electrons. The van der Waals surface area contributed by atoms with Crippen LogP contribution in [0.5, 0.6) is 5.75 Å². The fraction of sp³-hybridized carbons (Fsp3) is 0.417. The Bertz CT molecular complexity index is 371. The van der Waals surface area contributed by atoms with Crippen LogP contribution in [-0.2, 0) is 9.53 Å². The molecule has 0 saturated carbocycles. The second kappa shape index (κ2) is 7.50. The first-order chi connectivity index (χ1) is 8.15. The van der Waals surface area contributed by atoms with Gasteiger partial charge in [0.15, 0.2) is 6.10 Å². The van der Waals surface area contributed by atoms with E-state index in [2.05, 4.69) is 27.9 Å². The molecule has 1 aromatic rings. The summed E-state index contributed by atoms with van der Waals surface area (Å²) in [6.45, 7) is 2.72. The van der Waals surface area contributed by atoms with Crippen molar-refractivity contribution < 1.29 is 14.3 Å². The molecule has 94 valence electrons. The van der Waals surface area contributed by atoms with Crippen molar-refractivity contribution in [2.75, 3.05) is 20.3 Å². The average Bonchev–Trinajstić information content (AvgIpc) is 2.32. The Morgan fingerprint density at radius 2 is 2.18 bits per heavy atom. The van der Waals surface area contributed by atoms with Gasteiger partial charge in [0.05, 0.1) is 10.2 Å².